The van der Waals surface area contributed by atoms with Crippen LogP contribution in [0.3, 0.4) is 0 Å². The van der Waals surface area contributed by atoms with Gasteiger partial charge in [-0.2, -0.15) is 5.26 Å². The normalized spacial score (nSPS) is 18.8. The van der Waals surface area contributed by atoms with Crippen molar-refractivity contribution in [3.05, 3.63) is 40.8 Å². The summed E-state index contributed by atoms with van der Waals surface area (Å²) in [5.41, 5.74) is 7.38. The van der Waals surface area contributed by atoms with Crippen molar-refractivity contribution in [3.63, 3.8) is 0 Å². The van der Waals surface area contributed by atoms with Gasteiger partial charge in [-0.25, -0.2) is 14.8 Å². The summed E-state index contributed by atoms with van der Waals surface area (Å²) in [5.74, 6) is 0.521. The standard InChI is InChI=1S/C19H21ClN6O2/c1-11-6-12(20)7-18(24-11)26-15-8-13(10-23-16(15)9-21)25-14-4-2-3-5-17(14)28-19(22)27/h6-8,10,14,17,25H,2-5H2,1H3,(H2,22,27)(H,24,26)/t14-,17+/m1/s1. The topological polar surface area (TPSA) is 126 Å². The number of aromatic nitrogens is 2. The Morgan fingerprint density at radius 1 is 1.36 bits per heavy atom. The van der Waals surface area contributed by atoms with E-state index in [9.17, 15) is 10.1 Å². The van der Waals surface area contributed by atoms with Crippen LogP contribution in [-0.4, -0.2) is 28.2 Å². The minimum atomic E-state index is -0.776. The summed E-state index contributed by atoms with van der Waals surface area (Å²) >= 11 is 6.08. The molecule has 9 heteroatoms. The molecule has 0 saturated heterocycles. The number of hydrogen-bond donors (Lipinski definition) is 3. The predicted molar refractivity (Wildman–Crippen MR) is 107 cm³/mol. The van der Waals surface area contributed by atoms with E-state index in [1.807, 2.05) is 6.92 Å². The van der Waals surface area contributed by atoms with Crippen molar-refractivity contribution in [2.45, 2.75) is 44.8 Å². The van der Waals surface area contributed by atoms with Crippen LogP contribution >= 0.6 is 11.6 Å². The van der Waals surface area contributed by atoms with Gasteiger partial charge in [0.15, 0.2) is 5.69 Å². The van der Waals surface area contributed by atoms with Crippen LogP contribution in [0.2, 0.25) is 5.02 Å². The lowest BCUT2D eigenvalue weighted by Gasteiger charge is -2.31. The van der Waals surface area contributed by atoms with Crippen LogP contribution in [0, 0.1) is 18.3 Å². The van der Waals surface area contributed by atoms with Gasteiger partial charge in [0.25, 0.3) is 0 Å². The van der Waals surface area contributed by atoms with Crippen LogP contribution < -0.4 is 16.4 Å². The Bertz CT molecular complexity index is 894. The second-order valence-electron chi connectivity index (χ2n) is 6.68. The van der Waals surface area contributed by atoms with Gasteiger partial charge in [-0.3, -0.25) is 0 Å². The average Bonchev–Trinajstić information content (AvgIpc) is 2.62. The molecule has 3 rings (SSSR count). The lowest BCUT2D eigenvalue weighted by Crippen LogP contribution is -2.40. The SMILES string of the molecule is Cc1cc(Cl)cc(Nc2cc(N[C@@H]3CCCC[C@@H]3OC(N)=O)cnc2C#N)n1. The van der Waals surface area contributed by atoms with Crippen molar-refractivity contribution in [2.75, 3.05) is 10.6 Å². The van der Waals surface area contributed by atoms with Crippen molar-refractivity contribution in [3.8, 4) is 6.07 Å². The fraction of sp³-hybridized carbons (Fsp3) is 0.368. The molecule has 1 amide bonds. The number of rotatable bonds is 5. The lowest BCUT2D eigenvalue weighted by atomic mass is 9.92. The molecule has 1 aliphatic rings. The summed E-state index contributed by atoms with van der Waals surface area (Å²) in [6.45, 7) is 1.83. The molecule has 2 aromatic heterocycles. The summed E-state index contributed by atoms with van der Waals surface area (Å²) in [4.78, 5) is 19.7. The van der Waals surface area contributed by atoms with Crippen LogP contribution in [0.4, 0.5) is 22.0 Å². The number of carbonyl (C=O) groups excluding carboxylic acids is 1. The third kappa shape index (κ3) is 5.02. The zero-order valence-electron chi connectivity index (χ0n) is 15.4. The van der Waals surface area contributed by atoms with Crippen LogP contribution in [0.5, 0.6) is 0 Å². The Kier molecular flexibility index (Phi) is 6.16. The van der Waals surface area contributed by atoms with Crippen molar-refractivity contribution >= 4 is 34.9 Å². The molecule has 0 aliphatic heterocycles. The van der Waals surface area contributed by atoms with Gasteiger partial charge >= 0.3 is 6.09 Å². The molecule has 0 radical (unpaired) electrons. The average molecular weight is 401 g/mol. The number of halogens is 1. The Labute approximate surface area is 168 Å². The highest BCUT2D eigenvalue weighted by molar-refractivity contribution is 6.30. The second kappa shape index (κ2) is 8.76. The quantitative estimate of drug-likeness (QED) is 0.695. The number of pyridine rings is 2. The maximum atomic E-state index is 11.2. The molecule has 28 heavy (non-hydrogen) atoms. The van der Waals surface area contributed by atoms with Gasteiger partial charge in [0.05, 0.1) is 23.6 Å². The molecular weight excluding hydrogens is 380 g/mol. The monoisotopic (exact) mass is 400 g/mol. The highest BCUT2D eigenvalue weighted by Crippen LogP contribution is 2.28. The summed E-state index contributed by atoms with van der Waals surface area (Å²) in [5, 5.41) is 16.4. The molecule has 2 atom stereocenters. The van der Waals surface area contributed by atoms with E-state index in [0.29, 0.717) is 22.2 Å². The van der Waals surface area contributed by atoms with E-state index in [4.69, 9.17) is 22.1 Å². The minimum absolute atomic E-state index is 0.0737. The molecular formula is C19H21ClN6O2. The first kappa shape index (κ1) is 19.7. The van der Waals surface area contributed by atoms with Crippen LogP contribution in [0.15, 0.2) is 24.4 Å². The molecule has 0 unspecified atom stereocenters. The van der Waals surface area contributed by atoms with E-state index in [0.717, 1.165) is 31.4 Å². The first-order chi connectivity index (χ1) is 13.4. The first-order valence-corrected chi connectivity index (χ1v) is 9.36. The van der Waals surface area contributed by atoms with Crippen molar-refractivity contribution in [1.29, 1.82) is 5.26 Å². The van der Waals surface area contributed by atoms with Crippen molar-refractivity contribution < 1.29 is 9.53 Å². The van der Waals surface area contributed by atoms with Crippen molar-refractivity contribution in [2.24, 2.45) is 5.73 Å². The van der Waals surface area contributed by atoms with E-state index in [2.05, 4.69) is 26.7 Å². The van der Waals surface area contributed by atoms with Gasteiger partial charge in [0.1, 0.15) is 18.0 Å². The fourth-order valence-corrected chi connectivity index (χ4v) is 3.58. The van der Waals surface area contributed by atoms with E-state index in [1.54, 1.807) is 24.4 Å². The van der Waals surface area contributed by atoms with E-state index in [1.165, 1.54) is 0 Å². The van der Waals surface area contributed by atoms with Crippen LogP contribution in [0.25, 0.3) is 0 Å². The number of primary amides is 1. The molecule has 4 N–H and O–H groups in total. The van der Waals surface area contributed by atoms with E-state index in [-0.39, 0.29) is 17.8 Å². The molecule has 2 heterocycles. The molecule has 0 aromatic carbocycles. The van der Waals surface area contributed by atoms with Gasteiger partial charge in [-0.1, -0.05) is 18.0 Å². The second-order valence-corrected chi connectivity index (χ2v) is 7.12. The zero-order valence-corrected chi connectivity index (χ0v) is 16.2. The van der Waals surface area contributed by atoms with Crippen LogP contribution in [-0.2, 0) is 4.74 Å². The Morgan fingerprint density at radius 3 is 2.86 bits per heavy atom. The molecule has 146 valence electrons. The summed E-state index contributed by atoms with van der Waals surface area (Å²) in [7, 11) is 0. The summed E-state index contributed by atoms with van der Waals surface area (Å²) in [6.07, 6.45) is 4.11. The molecule has 0 spiro atoms. The van der Waals surface area contributed by atoms with E-state index >= 15 is 0 Å². The van der Waals surface area contributed by atoms with Gasteiger partial charge < -0.3 is 21.1 Å². The highest BCUT2D eigenvalue weighted by atomic mass is 35.5. The third-order valence-electron chi connectivity index (χ3n) is 4.50. The maximum absolute atomic E-state index is 11.2. The van der Waals surface area contributed by atoms with E-state index < -0.39 is 6.09 Å². The number of amides is 1. The number of nitrogens with two attached hydrogens (primary N) is 1. The minimum Gasteiger partial charge on any atom is -0.444 e. The van der Waals surface area contributed by atoms with Gasteiger partial charge in [-0.15, -0.1) is 0 Å². The molecule has 0 bridgehead atoms. The Morgan fingerprint density at radius 2 is 2.14 bits per heavy atom. The van der Waals surface area contributed by atoms with Gasteiger partial charge in [0.2, 0.25) is 0 Å². The summed E-state index contributed by atoms with van der Waals surface area (Å²) < 4.78 is 5.24. The Hall–Kier alpha value is -3.05. The number of ether oxygens (including phenoxy) is 1. The fourth-order valence-electron chi connectivity index (χ4n) is 3.32. The first-order valence-electron chi connectivity index (χ1n) is 8.98. The number of nitriles is 1. The number of carbonyl (C=O) groups is 1. The summed E-state index contributed by atoms with van der Waals surface area (Å²) in [6, 6.07) is 7.19. The van der Waals surface area contributed by atoms with Gasteiger partial charge in [-0.05, 0) is 44.4 Å². The molecule has 2 aromatic rings. The molecule has 8 nitrogen and oxygen atoms in total. The smallest absolute Gasteiger partial charge is 0.404 e. The lowest BCUT2D eigenvalue weighted by molar-refractivity contribution is 0.0745. The number of anilines is 3. The Balaban J connectivity index is 1.82. The third-order valence-corrected chi connectivity index (χ3v) is 4.71. The highest BCUT2D eigenvalue weighted by Gasteiger charge is 2.28. The van der Waals surface area contributed by atoms with Crippen LogP contribution in [0.1, 0.15) is 37.1 Å². The number of nitrogens with one attached hydrogen (secondary N) is 2. The molecule has 1 aliphatic carbocycles. The largest absolute Gasteiger partial charge is 0.444 e. The predicted octanol–water partition coefficient (Wildman–Crippen LogP) is 3.87. The number of nitrogens with zero attached hydrogens (tertiary/aromatic N) is 3. The number of hydrogen-bond acceptors (Lipinski definition) is 7. The van der Waals surface area contributed by atoms with Gasteiger partial charge in [0, 0.05) is 10.7 Å². The zero-order chi connectivity index (χ0) is 20.1. The number of aryl methyl sites for hydroxylation is 1. The molecule has 1 saturated carbocycles. The molecule has 1 fully saturated rings. The van der Waals surface area contributed by atoms with Crippen molar-refractivity contribution in [1.82, 2.24) is 9.97 Å². The maximum Gasteiger partial charge on any atom is 0.404 e.